The molecule has 1 aromatic carbocycles. The van der Waals surface area contributed by atoms with Crippen LogP contribution in [0.15, 0.2) is 24.3 Å². The summed E-state index contributed by atoms with van der Waals surface area (Å²) in [5, 5.41) is 0. The van der Waals surface area contributed by atoms with Gasteiger partial charge < -0.3 is 14.7 Å². The first-order chi connectivity index (χ1) is 10.8. The van der Waals surface area contributed by atoms with Crippen molar-refractivity contribution < 1.29 is 18.2 Å². The number of nitrogens with zero attached hydrogens (tertiary/aromatic N) is 1. The quantitative estimate of drug-likeness (QED) is 0.548. The van der Waals surface area contributed by atoms with Crippen molar-refractivity contribution in [3.63, 3.8) is 0 Å². The van der Waals surface area contributed by atoms with Crippen molar-refractivity contribution in [2.24, 2.45) is 0 Å². The molecule has 0 aromatic heterocycles. The van der Waals surface area contributed by atoms with E-state index in [0.717, 1.165) is 31.9 Å². The Labute approximate surface area is 140 Å². The van der Waals surface area contributed by atoms with Crippen molar-refractivity contribution in [3.8, 4) is 0 Å². The van der Waals surface area contributed by atoms with Gasteiger partial charge in [-0.05, 0) is 12.1 Å². The lowest BCUT2D eigenvalue weighted by Gasteiger charge is -2.33. The molecule has 0 bridgehead atoms. The fourth-order valence-corrected chi connectivity index (χ4v) is 3.55. The molecule has 1 aromatic rings. The first-order valence-corrected chi connectivity index (χ1v) is 10.0. The zero-order valence-electron chi connectivity index (χ0n) is 14.6. The molecule has 0 saturated carbocycles. The SMILES string of the molecule is CN(C)c1ccc([C@H](CNS(C)(=O)=O)[NH+]2CC[NH+](C)CC2)cc1. The van der Waals surface area contributed by atoms with E-state index >= 15 is 0 Å². The summed E-state index contributed by atoms with van der Waals surface area (Å²) in [6.07, 6.45) is 1.22. The molecule has 0 aliphatic carbocycles. The molecular formula is C16H30N4O2S+2. The summed E-state index contributed by atoms with van der Waals surface area (Å²) in [5.41, 5.74) is 2.35. The van der Waals surface area contributed by atoms with Gasteiger partial charge in [0.25, 0.3) is 0 Å². The topological polar surface area (TPSA) is 58.3 Å². The highest BCUT2D eigenvalue weighted by atomic mass is 32.2. The average Bonchev–Trinajstić information content (AvgIpc) is 2.48. The zero-order chi connectivity index (χ0) is 17.0. The Kier molecular flexibility index (Phi) is 6.02. The molecule has 1 aliphatic heterocycles. The maximum atomic E-state index is 11.5. The van der Waals surface area contributed by atoms with Crippen LogP contribution in [0.25, 0.3) is 0 Å². The average molecular weight is 343 g/mol. The summed E-state index contributed by atoms with van der Waals surface area (Å²) in [5.74, 6) is 0. The van der Waals surface area contributed by atoms with Crippen LogP contribution in [0.1, 0.15) is 11.6 Å². The summed E-state index contributed by atoms with van der Waals surface area (Å²) in [4.78, 5) is 5.08. The molecule has 0 amide bonds. The summed E-state index contributed by atoms with van der Waals surface area (Å²) >= 11 is 0. The van der Waals surface area contributed by atoms with Gasteiger partial charge in [0.15, 0.2) is 0 Å². The maximum absolute atomic E-state index is 11.5. The van der Waals surface area contributed by atoms with Crippen LogP contribution in [0, 0.1) is 0 Å². The molecule has 6 nitrogen and oxygen atoms in total. The maximum Gasteiger partial charge on any atom is 0.208 e. The third-order valence-corrected chi connectivity index (χ3v) is 5.29. The highest BCUT2D eigenvalue weighted by molar-refractivity contribution is 7.88. The molecule has 3 N–H and O–H groups in total. The molecule has 1 saturated heterocycles. The van der Waals surface area contributed by atoms with Gasteiger partial charge in [0, 0.05) is 25.3 Å². The van der Waals surface area contributed by atoms with Crippen LogP contribution >= 0.6 is 0 Å². The second kappa shape index (κ2) is 7.61. The summed E-state index contributed by atoms with van der Waals surface area (Å²) < 4.78 is 25.7. The van der Waals surface area contributed by atoms with Crippen molar-refractivity contribution in [1.29, 1.82) is 0 Å². The van der Waals surface area contributed by atoms with Gasteiger partial charge in [0.2, 0.25) is 10.0 Å². The molecule has 2 rings (SSSR count). The molecule has 7 heteroatoms. The first kappa shape index (κ1) is 18.2. The standard InChI is InChI=1S/C16H28N4O2S/c1-18(2)15-7-5-14(6-8-15)16(13-17-23(4,21)22)20-11-9-19(3)10-12-20/h5-8,16-17H,9-13H2,1-4H3/p+2/t16-/m0/s1. The molecule has 0 unspecified atom stereocenters. The number of hydrogen-bond acceptors (Lipinski definition) is 3. The fraction of sp³-hybridized carbons (Fsp3) is 0.625. The molecule has 23 heavy (non-hydrogen) atoms. The summed E-state index contributed by atoms with van der Waals surface area (Å²) in [6.45, 7) is 4.84. The minimum atomic E-state index is -3.17. The van der Waals surface area contributed by atoms with Crippen molar-refractivity contribution >= 4 is 15.7 Å². The van der Waals surface area contributed by atoms with E-state index in [-0.39, 0.29) is 6.04 Å². The van der Waals surface area contributed by atoms with Gasteiger partial charge in [-0.15, -0.1) is 0 Å². The van der Waals surface area contributed by atoms with Crippen LogP contribution < -0.4 is 19.4 Å². The number of hydrogen-bond donors (Lipinski definition) is 3. The van der Waals surface area contributed by atoms with Crippen LogP contribution in [-0.2, 0) is 10.0 Å². The molecule has 1 aliphatic rings. The van der Waals surface area contributed by atoms with Gasteiger partial charge in [0.05, 0.1) is 19.8 Å². The minimum absolute atomic E-state index is 0.161. The van der Waals surface area contributed by atoms with E-state index in [2.05, 4.69) is 40.9 Å². The van der Waals surface area contributed by atoms with E-state index in [4.69, 9.17) is 0 Å². The van der Waals surface area contributed by atoms with Gasteiger partial charge in [-0.3, -0.25) is 0 Å². The van der Waals surface area contributed by atoms with Gasteiger partial charge in [-0.25, -0.2) is 13.1 Å². The Morgan fingerprint density at radius 2 is 1.70 bits per heavy atom. The summed E-state index contributed by atoms with van der Waals surface area (Å²) in [6, 6.07) is 8.62. The highest BCUT2D eigenvalue weighted by Gasteiger charge is 2.29. The van der Waals surface area contributed by atoms with E-state index in [1.807, 2.05) is 14.1 Å². The van der Waals surface area contributed by atoms with Gasteiger partial charge in [-0.1, -0.05) is 12.1 Å². The number of sulfonamides is 1. The molecule has 1 atom stereocenters. The number of piperazine rings is 1. The zero-order valence-corrected chi connectivity index (χ0v) is 15.4. The minimum Gasteiger partial charge on any atom is -0.378 e. The fourth-order valence-electron chi connectivity index (χ4n) is 3.08. The van der Waals surface area contributed by atoms with Crippen LogP contribution in [0.4, 0.5) is 5.69 Å². The molecule has 0 radical (unpaired) electrons. The number of benzene rings is 1. The third-order valence-electron chi connectivity index (χ3n) is 4.60. The van der Waals surface area contributed by atoms with E-state index in [1.165, 1.54) is 16.7 Å². The third kappa shape index (κ3) is 5.46. The van der Waals surface area contributed by atoms with Crippen molar-refractivity contribution in [3.05, 3.63) is 29.8 Å². The molecule has 1 heterocycles. The highest BCUT2D eigenvalue weighted by Crippen LogP contribution is 2.16. The monoisotopic (exact) mass is 342 g/mol. The Morgan fingerprint density at radius 1 is 1.13 bits per heavy atom. The van der Waals surface area contributed by atoms with E-state index < -0.39 is 10.0 Å². The lowest BCUT2D eigenvalue weighted by atomic mass is 10.0. The number of rotatable bonds is 6. The lowest BCUT2D eigenvalue weighted by molar-refractivity contribution is -1.02. The Bertz CT molecular complexity index is 593. The molecule has 1 fully saturated rings. The first-order valence-electron chi connectivity index (χ1n) is 8.14. The summed E-state index contributed by atoms with van der Waals surface area (Å²) in [7, 11) is 3.08. The van der Waals surface area contributed by atoms with Gasteiger partial charge in [-0.2, -0.15) is 0 Å². The second-order valence-corrected chi connectivity index (χ2v) is 8.61. The smallest absolute Gasteiger partial charge is 0.208 e. The number of quaternary nitrogens is 2. The largest absolute Gasteiger partial charge is 0.378 e. The van der Waals surface area contributed by atoms with Crippen LogP contribution in [0.3, 0.4) is 0 Å². The van der Waals surface area contributed by atoms with Crippen LogP contribution in [0.2, 0.25) is 0 Å². The van der Waals surface area contributed by atoms with Gasteiger partial charge >= 0.3 is 0 Å². The normalized spacial score (nSPS) is 23.5. The van der Waals surface area contributed by atoms with Crippen molar-refractivity contribution in [1.82, 2.24) is 4.72 Å². The van der Waals surface area contributed by atoms with Crippen LogP contribution in [0.5, 0.6) is 0 Å². The Morgan fingerprint density at radius 3 is 2.17 bits per heavy atom. The number of likely N-dealkylation sites (N-methyl/N-ethyl adjacent to an activating group) is 1. The molecule has 130 valence electrons. The second-order valence-electron chi connectivity index (χ2n) is 6.77. The van der Waals surface area contributed by atoms with Crippen LogP contribution in [-0.4, -0.2) is 68.5 Å². The predicted octanol–water partition coefficient (Wildman–Crippen LogP) is -2.24. The number of anilines is 1. The number of nitrogens with one attached hydrogen (secondary N) is 3. The van der Waals surface area contributed by atoms with Crippen molar-refractivity contribution in [2.75, 3.05) is 65.0 Å². The lowest BCUT2D eigenvalue weighted by Crippen LogP contribution is -3.27. The van der Waals surface area contributed by atoms with E-state index in [0.29, 0.717) is 6.54 Å². The predicted molar refractivity (Wildman–Crippen MR) is 93.7 cm³/mol. The molecule has 0 spiro atoms. The molecular weight excluding hydrogens is 312 g/mol. The van der Waals surface area contributed by atoms with Crippen molar-refractivity contribution in [2.45, 2.75) is 6.04 Å². The Balaban J connectivity index is 2.18. The van der Waals surface area contributed by atoms with Gasteiger partial charge in [0.1, 0.15) is 32.2 Å². The Hall–Kier alpha value is -1.15. The van der Waals surface area contributed by atoms with E-state index in [9.17, 15) is 8.42 Å². The van der Waals surface area contributed by atoms with E-state index in [1.54, 1.807) is 4.90 Å².